The molecule has 0 radical (unpaired) electrons. The molecule has 0 aliphatic heterocycles. The maximum Gasteiger partial charge on any atom is 0.316 e. The van der Waals surface area contributed by atoms with Crippen molar-refractivity contribution in [1.29, 1.82) is 0 Å². The fourth-order valence-corrected chi connectivity index (χ4v) is 0.658. The molecule has 0 unspecified atom stereocenters. The van der Waals surface area contributed by atoms with Crippen LogP contribution in [-0.4, -0.2) is 16.6 Å². The summed E-state index contributed by atoms with van der Waals surface area (Å²) in [4.78, 5) is 7.28. The Labute approximate surface area is 76.3 Å². The first-order valence-electron chi connectivity index (χ1n) is 3.92. The second-order valence-corrected chi connectivity index (χ2v) is 2.78. The van der Waals surface area contributed by atoms with Gasteiger partial charge in [-0.05, 0) is 19.9 Å². The summed E-state index contributed by atoms with van der Waals surface area (Å²) in [6.45, 7) is 4.34. The van der Waals surface area contributed by atoms with E-state index in [9.17, 15) is 4.39 Å². The Morgan fingerprint density at radius 1 is 1.46 bits per heavy atom. The molecule has 0 saturated carbocycles. The zero-order chi connectivity index (χ0) is 9.68. The van der Waals surface area contributed by atoms with E-state index in [-0.39, 0.29) is 6.01 Å². The highest BCUT2D eigenvalue weighted by atomic mass is 19.1. The zero-order valence-corrected chi connectivity index (χ0v) is 7.62. The molecule has 0 N–H and O–H groups in total. The smallest absolute Gasteiger partial charge is 0.316 e. The molecule has 13 heavy (non-hydrogen) atoms. The van der Waals surface area contributed by atoms with Crippen molar-refractivity contribution >= 4 is 0 Å². The standard InChI is InChI=1S/C9H11FN2O/c1-7(2)3-4-13-9-11-5-8(10)6-12-9/h3,5-6H,4H2,1-2H3. The first-order valence-corrected chi connectivity index (χ1v) is 3.92. The lowest BCUT2D eigenvalue weighted by molar-refractivity contribution is 0.330. The first-order chi connectivity index (χ1) is 6.18. The minimum absolute atomic E-state index is 0.193. The lowest BCUT2D eigenvalue weighted by Crippen LogP contribution is -1.98. The maximum atomic E-state index is 12.3. The fourth-order valence-electron chi connectivity index (χ4n) is 0.658. The van der Waals surface area contributed by atoms with Crippen molar-refractivity contribution in [3.63, 3.8) is 0 Å². The largest absolute Gasteiger partial charge is 0.459 e. The van der Waals surface area contributed by atoms with Crippen LogP contribution in [0.4, 0.5) is 4.39 Å². The van der Waals surface area contributed by atoms with Gasteiger partial charge in [-0.2, -0.15) is 0 Å². The van der Waals surface area contributed by atoms with Crippen LogP contribution in [0, 0.1) is 5.82 Å². The van der Waals surface area contributed by atoms with Crippen LogP contribution in [0.1, 0.15) is 13.8 Å². The first kappa shape index (κ1) is 9.64. The molecule has 0 aliphatic carbocycles. The Morgan fingerprint density at radius 3 is 2.62 bits per heavy atom. The quantitative estimate of drug-likeness (QED) is 0.670. The Balaban J connectivity index is 2.46. The van der Waals surface area contributed by atoms with Gasteiger partial charge in [-0.25, -0.2) is 14.4 Å². The van der Waals surface area contributed by atoms with Crippen LogP contribution in [-0.2, 0) is 0 Å². The van der Waals surface area contributed by atoms with Gasteiger partial charge in [0.2, 0.25) is 0 Å². The summed E-state index contributed by atoms with van der Waals surface area (Å²) in [6.07, 6.45) is 4.04. The summed E-state index contributed by atoms with van der Waals surface area (Å²) >= 11 is 0. The molecule has 0 spiro atoms. The molecule has 0 aliphatic rings. The van der Waals surface area contributed by atoms with Crippen molar-refractivity contribution in [2.45, 2.75) is 13.8 Å². The highest BCUT2D eigenvalue weighted by Gasteiger charge is 1.95. The van der Waals surface area contributed by atoms with E-state index >= 15 is 0 Å². The van der Waals surface area contributed by atoms with Crippen LogP contribution in [0.25, 0.3) is 0 Å². The van der Waals surface area contributed by atoms with Crippen LogP contribution in [0.5, 0.6) is 6.01 Å². The Morgan fingerprint density at radius 2 is 2.08 bits per heavy atom. The zero-order valence-electron chi connectivity index (χ0n) is 7.62. The van der Waals surface area contributed by atoms with Gasteiger partial charge < -0.3 is 4.74 Å². The molecule has 70 valence electrons. The van der Waals surface area contributed by atoms with Crippen LogP contribution in [0.2, 0.25) is 0 Å². The number of rotatable bonds is 3. The third-order valence-corrected chi connectivity index (χ3v) is 1.30. The number of nitrogens with zero attached hydrogens (tertiary/aromatic N) is 2. The summed E-state index contributed by atoms with van der Waals surface area (Å²) in [7, 11) is 0. The van der Waals surface area contributed by atoms with Crippen molar-refractivity contribution in [3.8, 4) is 6.01 Å². The summed E-state index contributed by atoms with van der Waals surface area (Å²) in [5, 5.41) is 0. The molecule has 0 bridgehead atoms. The molecule has 0 fully saturated rings. The Bertz CT molecular complexity index is 291. The molecule has 1 aromatic heterocycles. The molecule has 4 heteroatoms. The third-order valence-electron chi connectivity index (χ3n) is 1.30. The van der Waals surface area contributed by atoms with Gasteiger partial charge in [-0.1, -0.05) is 5.57 Å². The average Bonchev–Trinajstić information content (AvgIpc) is 2.08. The van der Waals surface area contributed by atoms with E-state index in [1.54, 1.807) is 0 Å². The number of hydrogen-bond acceptors (Lipinski definition) is 3. The second-order valence-electron chi connectivity index (χ2n) is 2.78. The number of aromatic nitrogens is 2. The van der Waals surface area contributed by atoms with Crippen molar-refractivity contribution in [1.82, 2.24) is 9.97 Å². The van der Waals surface area contributed by atoms with Crippen molar-refractivity contribution in [3.05, 3.63) is 29.9 Å². The minimum Gasteiger partial charge on any atom is -0.459 e. The van der Waals surface area contributed by atoms with E-state index in [4.69, 9.17) is 4.74 Å². The van der Waals surface area contributed by atoms with Crippen molar-refractivity contribution in [2.75, 3.05) is 6.61 Å². The minimum atomic E-state index is -0.463. The van der Waals surface area contributed by atoms with Gasteiger partial charge in [0.1, 0.15) is 6.61 Å². The van der Waals surface area contributed by atoms with E-state index in [0.29, 0.717) is 6.61 Å². The van der Waals surface area contributed by atoms with Gasteiger partial charge in [0.05, 0.1) is 12.4 Å². The Hall–Kier alpha value is -1.45. The third kappa shape index (κ3) is 3.64. The van der Waals surface area contributed by atoms with Crippen LogP contribution < -0.4 is 4.74 Å². The SMILES string of the molecule is CC(C)=CCOc1ncc(F)cn1. The molecular formula is C9H11FN2O. The molecule has 0 atom stereocenters. The molecule has 1 aromatic rings. The number of hydrogen-bond donors (Lipinski definition) is 0. The predicted molar refractivity (Wildman–Crippen MR) is 46.9 cm³/mol. The second kappa shape index (κ2) is 4.54. The van der Waals surface area contributed by atoms with Crippen LogP contribution in [0.15, 0.2) is 24.0 Å². The van der Waals surface area contributed by atoms with Gasteiger partial charge in [0.15, 0.2) is 5.82 Å². The van der Waals surface area contributed by atoms with Crippen molar-refractivity contribution < 1.29 is 9.13 Å². The highest BCUT2D eigenvalue weighted by molar-refractivity contribution is 4.98. The summed E-state index contributed by atoms with van der Waals surface area (Å²) < 4.78 is 17.5. The van der Waals surface area contributed by atoms with E-state index < -0.39 is 5.82 Å². The van der Waals surface area contributed by atoms with Crippen LogP contribution >= 0.6 is 0 Å². The molecule has 0 amide bonds. The normalized spacial score (nSPS) is 9.46. The summed E-state index contributed by atoms with van der Waals surface area (Å²) in [6, 6.07) is 0.193. The lowest BCUT2D eigenvalue weighted by atomic mass is 10.3. The van der Waals surface area contributed by atoms with E-state index in [2.05, 4.69) is 9.97 Å². The molecule has 0 saturated heterocycles. The van der Waals surface area contributed by atoms with Gasteiger partial charge in [-0.3, -0.25) is 0 Å². The summed E-state index contributed by atoms with van der Waals surface area (Å²) in [5.74, 6) is -0.463. The number of halogens is 1. The maximum absolute atomic E-state index is 12.3. The van der Waals surface area contributed by atoms with Gasteiger partial charge in [0, 0.05) is 0 Å². The van der Waals surface area contributed by atoms with E-state index in [0.717, 1.165) is 18.0 Å². The van der Waals surface area contributed by atoms with E-state index in [1.807, 2.05) is 19.9 Å². The molecular weight excluding hydrogens is 171 g/mol. The topological polar surface area (TPSA) is 35.0 Å². The monoisotopic (exact) mass is 182 g/mol. The molecule has 1 rings (SSSR count). The predicted octanol–water partition coefficient (Wildman–Crippen LogP) is 1.96. The highest BCUT2D eigenvalue weighted by Crippen LogP contribution is 2.01. The van der Waals surface area contributed by atoms with E-state index in [1.165, 1.54) is 0 Å². The van der Waals surface area contributed by atoms with Crippen LogP contribution in [0.3, 0.4) is 0 Å². The fraction of sp³-hybridized carbons (Fsp3) is 0.333. The molecule has 3 nitrogen and oxygen atoms in total. The number of allylic oxidation sites excluding steroid dienone is 1. The average molecular weight is 182 g/mol. The van der Waals surface area contributed by atoms with Gasteiger partial charge in [0.25, 0.3) is 0 Å². The molecule has 0 aromatic carbocycles. The van der Waals surface area contributed by atoms with Gasteiger partial charge in [-0.15, -0.1) is 0 Å². The lowest BCUT2D eigenvalue weighted by Gasteiger charge is -1.99. The Kier molecular flexibility index (Phi) is 3.37. The summed E-state index contributed by atoms with van der Waals surface area (Å²) in [5.41, 5.74) is 1.15. The number of ether oxygens (including phenoxy) is 1. The molecule has 1 heterocycles. The van der Waals surface area contributed by atoms with Gasteiger partial charge >= 0.3 is 6.01 Å². The van der Waals surface area contributed by atoms with Crippen molar-refractivity contribution in [2.24, 2.45) is 0 Å².